The predicted molar refractivity (Wildman–Crippen MR) is 135 cm³/mol. The minimum absolute atomic E-state index is 0.228. The summed E-state index contributed by atoms with van der Waals surface area (Å²) in [4.78, 5) is 35.7. The number of amidine groups is 1. The molecule has 0 spiro atoms. The summed E-state index contributed by atoms with van der Waals surface area (Å²) in [5.41, 5.74) is 2.11. The average molecular weight is 490 g/mol. The van der Waals surface area contributed by atoms with Crippen LogP contribution in [0.25, 0.3) is 6.08 Å². The third-order valence-corrected chi connectivity index (χ3v) is 6.10. The van der Waals surface area contributed by atoms with Crippen LogP contribution in [0.15, 0.2) is 83.0 Å². The van der Waals surface area contributed by atoms with Crippen molar-refractivity contribution in [1.29, 1.82) is 0 Å². The van der Waals surface area contributed by atoms with E-state index in [-0.39, 0.29) is 11.7 Å². The summed E-state index contributed by atoms with van der Waals surface area (Å²) in [6.07, 6.45) is 3.95. The third-order valence-electron chi connectivity index (χ3n) is 5.09. The summed E-state index contributed by atoms with van der Waals surface area (Å²) in [6, 6.07) is 18.3. The van der Waals surface area contributed by atoms with Gasteiger partial charge < -0.3 is 14.6 Å². The fourth-order valence-corrected chi connectivity index (χ4v) is 4.31. The Morgan fingerprint density at radius 1 is 1.17 bits per heavy atom. The fourth-order valence-electron chi connectivity index (χ4n) is 3.32. The Bertz CT molecular complexity index is 1280. The van der Waals surface area contributed by atoms with Gasteiger partial charge >= 0.3 is 5.97 Å². The molecule has 1 atom stereocenters. The van der Waals surface area contributed by atoms with Gasteiger partial charge in [0.15, 0.2) is 22.8 Å². The van der Waals surface area contributed by atoms with E-state index in [1.54, 1.807) is 41.6 Å². The van der Waals surface area contributed by atoms with Crippen molar-refractivity contribution in [3.63, 3.8) is 0 Å². The van der Waals surface area contributed by atoms with Gasteiger partial charge in [-0.2, -0.15) is 0 Å². The van der Waals surface area contributed by atoms with Crippen LogP contribution in [-0.2, 0) is 16.1 Å². The number of benzene rings is 2. The number of methoxy groups -OCH3 is 1. The Morgan fingerprint density at radius 3 is 2.66 bits per heavy atom. The minimum atomic E-state index is -1.11. The van der Waals surface area contributed by atoms with Crippen LogP contribution in [0.5, 0.6) is 11.5 Å². The number of hydrogen-bond donors (Lipinski definition) is 1. The zero-order valence-corrected chi connectivity index (χ0v) is 19.9. The fraction of sp³-hybridized carbons (Fsp3) is 0.154. The van der Waals surface area contributed by atoms with Crippen LogP contribution in [0.3, 0.4) is 0 Å². The number of para-hydroxylation sites is 2. The number of carbonyl (C=O) groups excluding carboxylic acids is 1. The van der Waals surface area contributed by atoms with Gasteiger partial charge in [-0.3, -0.25) is 14.7 Å². The van der Waals surface area contributed by atoms with E-state index in [0.29, 0.717) is 27.9 Å². The number of aliphatic carboxylic acids is 1. The highest BCUT2D eigenvalue weighted by Crippen LogP contribution is 2.39. The van der Waals surface area contributed by atoms with Gasteiger partial charge in [0.1, 0.15) is 0 Å². The molecule has 3 aromatic rings. The predicted octanol–water partition coefficient (Wildman–Crippen LogP) is 4.75. The maximum Gasteiger partial charge on any atom is 0.344 e. The Kier molecular flexibility index (Phi) is 7.47. The van der Waals surface area contributed by atoms with E-state index in [9.17, 15) is 14.7 Å². The third kappa shape index (κ3) is 5.70. The number of rotatable bonds is 8. The molecule has 2 aromatic carbocycles. The molecule has 0 radical (unpaired) electrons. The first-order valence-corrected chi connectivity index (χ1v) is 11.6. The van der Waals surface area contributed by atoms with Crippen LogP contribution >= 0.6 is 11.8 Å². The topological polar surface area (TPSA) is 101 Å². The summed E-state index contributed by atoms with van der Waals surface area (Å²) in [5.74, 6) is -0.722. The molecule has 1 aromatic heterocycles. The molecule has 1 amide bonds. The van der Waals surface area contributed by atoms with Crippen molar-refractivity contribution in [1.82, 2.24) is 9.88 Å². The SMILES string of the molecule is COc1cccc(/C=C2\SC(=Nc3ccccc3)N(Cc3cccnc3)C2=O)c1O[C@H](C)C(=O)O. The van der Waals surface area contributed by atoms with Crippen LogP contribution in [-0.4, -0.2) is 45.2 Å². The number of carboxylic acids is 1. The highest BCUT2D eigenvalue weighted by Gasteiger charge is 2.34. The largest absolute Gasteiger partial charge is 0.493 e. The number of aliphatic imine (C=N–C) groups is 1. The van der Waals surface area contributed by atoms with Gasteiger partial charge in [0.2, 0.25) is 0 Å². The first kappa shape index (κ1) is 24.0. The Hall–Kier alpha value is -4.11. The molecule has 0 aliphatic carbocycles. The van der Waals surface area contributed by atoms with Crippen LogP contribution in [0, 0.1) is 0 Å². The van der Waals surface area contributed by atoms with Crippen molar-refractivity contribution in [2.45, 2.75) is 19.6 Å². The van der Waals surface area contributed by atoms with Crippen molar-refractivity contribution in [2.24, 2.45) is 4.99 Å². The molecule has 8 nitrogen and oxygen atoms in total. The number of aromatic nitrogens is 1. The molecule has 1 fully saturated rings. The minimum Gasteiger partial charge on any atom is -0.493 e. The Balaban J connectivity index is 1.74. The summed E-state index contributed by atoms with van der Waals surface area (Å²) >= 11 is 1.24. The zero-order chi connectivity index (χ0) is 24.8. The molecule has 0 saturated carbocycles. The smallest absolute Gasteiger partial charge is 0.344 e. The number of pyridine rings is 1. The molecule has 9 heteroatoms. The van der Waals surface area contributed by atoms with Crippen LogP contribution < -0.4 is 9.47 Å². The lowest BCUT2D eigenvalue weighted by Gasteiger charge is -2.16. The van der Waals surface area contributed by atoms with Crippen molar-refractivity contribution < 1.29 is 24.2 Å². The normalized spacial score (nSPS) is 16.5. The lowest BCUT2D eigenvalue weighted by atomic mass is 10.1. The number of ether oxygens (including phenoxy) is 2. The molecule has 178 valence electrons. The van der Waals surface area contributed by atoms with E-state index in [4.69, 9.17) is 14.5 Å². The van der Waals surface area contributed by atoms with Crippen LogP contribution in [0.4, 0.5) is 5.69 Å². The second kappa shape index (κ2) is 10.9. The Morgan fingerprint density at radius 2 is 1.97 bits per heavy atom. The van der Waals surface area contributed by atoms with E-state index in [0.717, 1.165) is 11.3 Å². The van der Waals surface area contributed by atoms with E-state index in [1.165, 1.54) is 25.8 Å². The number of carboxylic acid groups (broad SMARTS) is 1. The second-order valence-electron chi connectivity index (χ2n) is 7.57. The summed E-state index contributed by atoms with van der Waals surface area (Å²) in [5, 5.41) is 9.84. The number of thioether (sulfide) groups is 1. The van der Waals surface area contributed by atoms with Crippen molar-refractivity contribution in [2.75, 3.05) is 7.11 Å². The maximum absolute atomic E-state index is 13.5. The quantitative estimate of drug-likeness (QED) is 0.456. The molecular weight excluding hydrogens is 466 g/mol. The average Bonchev–Trinajstić information content (AvgIpc) is 3.15. The monoisotopic (exact) mass is 489 g/mol. The molecular formula is C26H23N3O5S. The maximum atomic E-state index is 13.5. The lowest BCUT2D eigenvalue weighted by molar-refractivity contribution is -0.144. The molecule has 1 saturated heterocycles. The summed E-state index contributed by atoms with van der Waals surface area (Å²) in [6.45, 7) is 1.74. The van der Waals surface area contributed by atoms with E-state index in [1.807, 2.05) is 42.5 Å². The van der Waals surface area contributed by atoms with Gasteiger partial charge in [0.05, 0.1) is 24.2 Å². The van der Waals surface area contributed by atoms with Gasteiger partial charge in [-0.15, -0.1) is 0 Å². The Labute approximate surface area is 206 Å². The number of nitrogens with zero attached hydrogens (tertiary/aromatic N) is 3. The number of amides is 1. The van der Waals surface area contributed by atoms with E-state index in [2.05, 4.69) is 4.98 Å². The molecule has 35 heavy (non-hydrogen) atoms. The van der Waals surface area contributed by atoms with Crippen LogP contribution in [0.2, 0.25) is 0 Å². The molecule has 1 aliphatic rings. The van der Waals surface area contributed by atoms with Gasteiger partial charge in [-0.1, -0.05) is 36.4 Å². The zero-order valence-electron chi connectivity index (χ0n) is 19.1. The van der Waals surface area contributed by atoms with Gasteiger partial charge in [0.25, 0.3) is 5.91 Å². The summed E-state index contributed by atoms with van der Waals surface area (Å²) in [7, 11) is 1.47. The standard InChI is InChI=1S/C26H23N3O5S/c1-17(25(31)32)34-23-19(9-6-12-21(23)33-2)14-22-24(30)29(16-18-8-7-13-27-15-18)26(35-22)28-20-10-4-3-5-11-20/h3-15,17H,16H2,1-2H3,(H,31,32)/b22-14-,28-26?/t17-/m1/s1. The molecule has 4 rings (SSSR count). The van der Waals surface area contributed by atoms with Crippen molar-refractivity contribution in [3.8, 4) is 11.5 Å². The lowest BCUT2D eigenvalue weighted by Crippen LogP contribution is -2.28. The number of carbonyl (C=O) groups is 2. The number of hydrogen-bond acceptors (Lipinski definition) is 7. The first-order chi connectivity index (χ1) is 17.0. The van der Waals surface area contributed by atoms with E-state index < -0.39 is 12.1 Å². The summed E-state index contributed by atoms with van der Waals surface area (Å²) < 4.78 is 11.1. The molecule has 1 N–H and O–H groups in total. The van der Waals surface area contributed by atoms with Crippen molar-refractivity contribution >= 4 is 40.6 Å². The molecule has 0 unspecified atom stereocenters. The van der Waals surface area contributed by atoms with Gasteiger partial charge in [0, 0.05) is 18.0 Å². The molecule has 1 aliphatic heterocycles. The first-order valence-electron chi connectivity index (χ1n) is 10.8. The van der Waals surface area contributed by atoms with Gasteiger partial charge in [-0.25, -0.2) is 9.79 Å². The van der Waals surface area contributed by atoms with Crippen LogP contribution in [0.1, 0.15) is 18.1 Å². The highest BCUT2D eigenvalue weighted by molar-refractivity contribution is 8.18. The molecule has 0 bridgehead atoms. The van der Waals surface area contributed by atoms with E-state index >= 15 is 0 Å². The van der Waals surface area contributed by atoms with Gasteiger partial charge in [-0.05, 0) is 54.6 Å². The highest BCUT2D eigenvalue weighted by atomic mass is 32.2. The van der Waals surface area contributed by atoms with Crippen molar-refractivity contribution in [3.05, 3.63) is 89.1 Å². The second-order valence-corrected chi connectivity index (χ2v) is 8.58. The molecule has 2 heterocycles.